The third kappa shape index (κ3) is 4.14. The van der Waals surface area contributed by atoms with E-state index in [1.54, 1.807) is 26.4 Å². The second kappa shape index (κ2) is 8.65. The molecule has 1 atom stereocenters. The second-order valence-corrected chi connectivity index (χ2v) is 8.07. The van der Waals surface area contributed by atoms with Gasteiger partial charge in [-0.15, -0.1) is 11.3 Å². The highest BCUT2D eigenvalue weighted by atomic mass is 32.1. The Hall–Kier alpha value is -2.54. The Morgan fingerprint density at radius 3 is 2.61 bits per heavy atom. The summed E-state index contributed by atoms with van der Waals surface area (Å²) in [5.74, 6) is 1.17. The van der Waals surface area contributed by atoms with Gasteiger partial charge < -0.3 is 19.5 Å². The SMILES string of the molecule is COC(=O)c1c(NC(=O)Cc2ccc(OC)c(OC)c2)sc2c1CCC(C)C2. The van der Waals surface area contributed by atoms with E-state index in [0.29, 0.717) is 28.0 Å². The predicted octanol–water partition coefficient (Wildman–Crippen LogP) is 3.86. The van der Waals surface area contributed by atoms with Gasteiger partial charge in [0.25, 0.3) is 0 Å². The molecule has 1 aromatic heterocycles. The quantitative estimate of drug-likeness (QED) is 0.742. The van der Waals surface area contributed by atoms with Crippen molar-refractivity contribution in [1.29, 1.82) is 0 Å². The molecule has 1 aromatic carbocycles. The van der Waals surface area contributed by atoms with E-state index in [1.165, 1.54) is 23.3 Å². The van der Waals surface area contributed by atoms with Crippen LogP contribution in [-0.2, 0) is 28.8 Å². The van der Waals surface area contributed by atoms with Crippen molar-refractivity contribution in [1.82, 2.24) is 0 Å². The molecule has 0 aliphatic heterocycles. The first-order valence-electron chi connectivity index (χ1n) is 9.20. The van der Waals surface area contributed by atoms with Crippen LogP contribution in [0.2, 0.25) is 0 Å². The Bertz CT molecular complexity index is 889. The average Bonchev–Trinajstić information content (AvgIpc) is 3.03. The van der Waals surface area contributed by atoms with Gasteiger partial charge in [-0.3, -0.25) is 4.79 Å². The number of carbonyl (C=O) groups excluding carboxylic acids is 2. The molecule has 0 bridgehead atoms. The summed E-state index contributed by atoms with van der Waals surface area (Å²) in [5, 5.41) is 3.50. The van der Waals surface area contributed by atoms with E-state index in [2.05, 4.69) is 12.2 Å². The minimum absolute atomic E-state index is 0.167. The molecule has 150 valence electrons. The number of benzene rings is 1. The molecule has 0 saturated carbocycles. The molecule has 1 amide bonds. The fourth-order valence-corrected chi connectivity index (χ4v) is 4.92. The molecule has 0 fully saturated rings. The lowest BCUT2D eigenvalue weighted by Crippen LogP contribution is -2.17. The number of anilines is 1. The Kier molecular flexibility index (Phi) is 6.24. The lowest BCUT2D eigenvalue weighted by Gasteiger charge is -2.18. The van der Waals surface area contributed by atoms with Crippen molar-refractivity contribution in [3.8, 4) is 11.5 Å². The van der Waals surface area contributed by atoms with Crippen molar-refractivity contribution < 1.29 is 23.8 Å². The number of carbonyl (C=O) groups is 2. The molecule has 6 nitrogen and oxygen atoms in total. The van der Waals surface area contributed by atoms with Gasteiger partial charge in [-0.05, 0) is 48.4 Å². The highest BCUT2D eigenvalue weighted by Crippen LogP contribution is 2.40. The maximum Gasteiger partial charge on any atom is 0.341 e. The minimum atomic E-state index is -0.395. The van der Waals surface area contributed by atoms with Crippen LogP contribution in [0.3, 0.4) is 0 Å². The van der Waals surface area contributed by atoms with Gasteiger partial charge in [-0.25, -0.2) is 4.79 Å². The van der Waals surface area contributed by atoms with Crippen molar-refractivity contribution in [3.63, 3.8) is 0 Å². The first kappa shape index (κ1) is 20.2. The average molecular weight is 404 g/mol. The number of esters is 1. The zero-order valence-electron chi connectivity index (χ0n) is 16.6. The molecule has 3 rings (SSSR count). The van der Waals surface area contributed by atoms with Gasteiger partial charge in [0.05, 0.1) is 33.3 Å². The summed E-state index contributed by atoms with van der Waals surface area (Å²) in [6.45, 7) is 2.20. The van der Waals surface area contributed by atoms with Gasteiger partial charge >= 0.3 is 5.97 Å². The van der Waals surface area contributed by atoms with E-state index in [1.807, 2.05) is 6.07 Å². The molecule has 28 heavy (non-hydrogen) atoms. The number of amides is 1. The third-order valence-corrected chi connectivity index (χ3v) is 6.14. The van der Waals surface area contributed by atoms with E-state index in [-0.39, 0.29) is 12.3 Å². The molecule has 1 N–H and O–H groups in total. The van der Waals surface area contributed by atoms with Gasteiger partial charge in [0, 0.05) is 4.88 Å². The molecule has 7 heteroatoms. The maximum absolute atomic E-state index is 12.6. The zero-order chi connectivity index (χ0) is 20.3. The van der Waals surface area contributed by atoms with Crippen LogP contribution in [0.1, 0.15) is 39.7 Å². The smallest absolute Gasteiger partial charge is 0.341 e. The van der Waals surface area contributed by atoms with Crippen LogP contribution >= 0.6 is 11.3 Å². The van der Waals surface area contributed by atoms with Crippen LogP contribution in [-0.4, -0.2) is 33.2 Å². The van der Waals surface area contributed by atoms with Crippen molar-refractivity contribution in [2.24, 2.45) is 5.92 Å². The molecule has 2 aromatic rings. The van der Waals surface area contributed by atoms with Crippen molar-refractivity contribution in [2.45, 2.75) is 32.6 Å². The van der Waals surface area contributed by atoms with E-state index < -0.39 is 5.97 Å². The first-order valence-corrected chi connectivity index (χ1v) is 10.0. The van der Waals surface area contributed by atoms with Crippen molar-refractivity contribution in [3.05, 3.63) is 39.8 Å². The van der Waals surface area contributed by atoms with Gasteiger partial charge in [-0.1, -0.05) is 13.0 Å². The highest BCUT2D eigenvalue weighted by Gasteiger charge is 2.28. The number of fused-ring (bicyclic) bond motifs is 1. The fourth-order valence-electron chi connectivity index (χ4n) is 3.50. The van der Waals surface area contributed by atoms with Crippen LogP contribution in [0.15, 0.2) is 18.2 Å². The van der Waals surface area contributed by atoms with Crippen molar-refractivity contribution >= 4 is 28.2 Å². The molecule has 1 unspecified atom stereocenters. The summed E-state index contributed by atoms with van der Waals surface area (Å²) in [5.41, 5.74) is 2.33. The Morgan fingerprint density at radius 2 is 1.93 bits per heavy atom. The number of ether oxygens (including phenoxy) is 3. The zero-order valence-corrected chi connectivity index (χ0v) is 17.4. The number of hydrogen-bond donors (Lipinski definition) is 1. The molecule has 0 radical (unpaired) electrons. The second-order valence-electron chi connectivity index (χ2n) is 6.96. The summed E-state index contributed by atoms with van der Waals surface area (Å²) >= 11 is 1.48. The Morgan fingerprint density at radius 1 is 1.18 bits per heavy atom. The standard InChI is InChI=1S/C21H25NO5S/c1-12-5-7-14-17(9-12)28-20(19(14)21(24)27-4)22-18(23)11-13-6-8-15(25-2)16(10-13)26-3/h6,8,10,12H,5,7,9,11H2,1-4H3,(H,22,23). The summed E-state index contributed by atoms with van der Waals surface area (Å²) in [6.07, 6.45) is 2.96. The lowest BCUT2D eigenvalue weighted by atomic mass is 9.88. The van der Waals surface area contributed by atoms with Gasteiger partial charge in [-0.2, -0.15) is 0 Å². The first-order chi connectivity index (χ1) is 13.5. The molecule has 0 saturated heterocycles. The van der Waals surface area contributed by atoms with E-state index in [0.717, 1.165) is 30.4 Å². The van der Waals surface area contributed by atoms with Gasteiger partial charge in [0.15, 0.2) is 11.5 Å². The molecule has 1 heterocycles. The highest BCUT2D eigenvalue weighted by molar-refractivity contribution is 7.17. The van der Waals surface area contributed by atoms with Crippen molar-refractivity contribution in [2.75, 3.05) is 26.6 Å². The summed E-state index contributed by atoms with van der Waals surface area (Å²) < 4.78 is 15.5. The molecule has 1 aliphatic carbocycles. The number of nitrogens with one attached hydrogen (secondary N) is 1. The summed E-state index contributed by atoms with van der Waals surface area (Å²) in [4.78, 5) is 26.2. The number of thiophene rings is 1. The predicted molar refractivity (Wildman–Crippen MR) is 109 cm³/mol. The van der Waals surface area contributed by atoms with Crippen LogP contribution < -0.4 is 14.8 Å². The minimum Gasteiger partial charge on any atom is -0.493 e. The number of hydrogen-bond acceptors (Lipinski definition) is 6. The van der Waals surface area contributed by atoms with Crippen LogP contribution in [0, 0.1) is 5.92 Å². The van der Waals surface area contributed by atoms with Crippen LogP contribution in [0.5, 0.6) is 11.5 Å². The third-order valence-electron chi connectivity index (χ3n) is 4.97. The maximum atomic E-state index is 12.6. The number of methoxy groups -OCH3 is 3. The normalized spacial score (nSPS) is 15.5. The molecule has 1 aliphatic rings. The Balaban J connectivity index is 1.81. The van der Waals surface area contributed by atoms with E-state index >= 15 is 0 Å². The van der Waals surface area contributed by atoms with Crippen LogP contribution in [0.4, 0.5) is 5.00 Å². The monoisotopic (exact) mass is 403 g/mol. The van der Waals surface area contributed by atoms with Crippen LogP contribution in [0.25, 0.3) is 0 Å². The van der Waals surface area contributed by atoms with E-state index in [4.69, 9.17) is 14.2 Å². The number of rotatable bonds is 6. The molecule has 0 spiro atoms. The summed E-state index contributed by atoms with van der Waals surface area (Å²) in [7, 11) is 4.49. The molecular weight excluding hydrogens is 378 g/mol. The topological polar surface area (TPSA) is 73.9 Å². The molecular formula is C21H25NO5S. The largest absolute Gasteiger partial charge is 0.493 e. The summed E-state index contributed by atoms with van der Waals surface area (Å²) in [6, 6.07) is 5.37. The Labute approximate surface area is 168 Å². The van der Waals surface area contributed by atoms with Gasteiger partial charge in [0.2, 0.25) is 5.91 Å². The fraction of sp³-hybridized carbons (Fsp3) is 0.429. The lowest BCUT2D eigenvalue weighted by molar-refractivity contribution is -0.115. The van der Waals surface area contributed by atoms with E-state index in [9.17, 15) is 9.59 Å². The van der Waals surface area contributed by atoms with Gasteiger partial charge in [0.1, 0.15) is 5.00 Å².